The van der Waals surface area contributed by atoms with Crippen LogP contribution in [0, 0.1) is 0 Å². The Balaban J connectivity index is 1.50. The van der Waals surface area contributed by atoms with Crippen molar-refractivity contribution in [3.05, 3.63) is 83.0 Å². The van der Waals surface area contributed by atoms with Gasteiger partial charge in [0.1, 0.15) is 0 Å². The second-order valence-electron chi connectivity index (χ2n) is 8.20. The van der Waals surface area contributed by atoms with Gasteiger partial charge < -0.3 is 19.7 Å². The van der Waals surface area contributed by atoms with E-state index in [1.807, 2.05) is 42.3 Å². The van der Waals surface area contributed by atoms with Gasteiger partial charge in [0.15, 0.2) is 11.5 Å². The highest BCUT2D eigenvalue weighted by Gasteiger charge is 2.33. The zero-order chi connectivity index (χ0) is 26.7. The Hall–Kier alpha value is -3.98. The molecule has 0 aliphatic carbocycles. The van der Waals surface area contributed by atoms with Gasteiger partial charge in [-0.05, 0) is 54.1 Å². The molecule has 0 aliphatic heterocycles. The van der Waals surface area contributed by atoms with Crippen LogP contribution in [0.4, 0.5) is 30.2 Å². The first-order valence-electron chi connectivity index (χ1n) is 11.1. The molecule has 1 N–H and O–H groups in total. The van der Waals surface area contributed by atoms with Gasteiger partial charge in [0, 0.05) is 36.1 Å². The van der Waals surface area contributed by atoms with E-state index in [1.165, 1.54) is 6.07 Å². The number of nitrogens with one attached hydrogen (secondary N) is 1. The lowest BCUT2D eigenvalue weighted by Gasteiger charge is -2.22. The Labute approximate surface area is 216 Å². The minimum atomic E-state index is -4.59. The van der Waals surface area contributed by atoms with Gasteiger partial charge in [-0.25, -0.2) is 0 Å². The van der Waals surface area contributed by atoms with Crippen molar-refractivity contribution < 1.29 is 27.4 Å². The summed E-state index contributed by atoms with van der Waals surface area (Å²) in [5.41, 5.74) is 2.22. The molecule has 3 aromatic carbocycles. The van der Waals surface area contributed by atoms with Crippen molar-refractivity contribution >= 4 is 45.5 Å². The van der Waals surface area contributed by atoms with Gasteiger partial charge >= 0.3 is 6.18 Å². The third-order valence-electron chi connectivity index (χ3n) is 5.82. The minimum absolute atomic E-state index is 0.210. The summed E-state index contributed by atoms with van der Waals surface area (Å²) in [5.74, 6) is 0.715. The number of aromatic nitrogens is 1. The fourth-order valence-electron chi connectivity index (χ4n) is 3.95. The molecular formula is C27H23ClF3N3O3. The van der Waals surface area contributed by atoms with E-state index in [-0.39, 0.29) is 12.0 Å². The van der Waals surface area contributed by atoms with Crippen molar-refractivity contribution in [2.45, 2.75) is 12.6 Å². The van der Waals surface area contributed by atoms with E-state index >= 15 is 0 Å². The highest BCUT2D eigenvalue weighted by Crippen LogP contribution is 2.38. The number of halogens is 4. The number of carbonyl (C=O) groups is 1. The van der Waals surface area contributed by atoms with Crippen molar-refractivity contribution in [2.75, 3.05) is 31.5 Å². The number of fused-ring (bicyclic) bond motifs is 1. The maximum Gasteiger partial charge on any atom is 0.417 e. The summed E-state index contributed by atoms with van der Waals surface area (Å²) in [7, 11) is 5.03. The number of carbonyl (C=O) groups excluding carboxylic acids is 1. The summed E-state index contributed by atoms with van der Waals surface area (Å²) in [6, 6.07) is 16.1. The van der Waals surface area contributed by atoms with Crippen LogP contribution in [-0.2, 0) is 17.4 Å². The van der Waals surface area contributed by atoms with Crippen LogP contribution in [0.5, 0.6) is 11.5 Å². The summed E-state index contributed by atoms with van der Waals surface area (Å²) in [5, 5.41) is 3.17. The molecular weight excluding hydrogens is 507 g/mol. The quantitative estimate of drug-likeness (QED) is 0.283. The highest BCUT2D eigenvalue weighted by atomic mass is 35.5. The first kappa shape index (κ1) is 26.1. The van der Waals surface area contributed by atoms with E-state index in [0.29, 0.717) is 17.2 Å². The lowest BCUT2D eigenvalue weighted by Crippen LogP contribution is -2.15. The molecule has 0 radical (unpaired) electrons. The van der Waals surface area contributed by atoms with Crippen LogP contribution < -0.4 is 19.7 Å². The Morgan fingerprint density at radius 2 is 1.68 bits per heavy atom. The number of amides is 1. The van der Waals surface area contributed by atoms with Gasteiger partial charge in [0.05, 0.1) is 42.4 Å². The molecule has 37 heavy (non-hydrogen) atoms. The predicted octanol–water partition coefficient (Wildman–Crippen LogP) is 6.87. The van der Waals surface area contributed by atoms with Crippen molar-refractivity contribution in [3.8, 4) is 11.5 Å². The van der Waals surface area contributed by atoms with Gasteiger partial charge in [0.2, 0.25) is 5.91 Å². The molecule has 4 rings (SSSR count). The summed E-state index contributed by atoms with van der Waals surface area (Å²) in [6.07, 6.45) is -3.12. The van der Waals surface area contributed by atoms with E-state index in [9.17, 15) is 18.0 Å². The number of benzene rings is 3. The number of anilines is 3. The zero-order valence-electron chi connectivity index (χ0n) is 20.2. The zero-order valence-corrected chi connectivity index (χ0v) is 20.9. The Bertz CT molecular complexity index is 1440. The normalized spacial score (nSPS) is 11.3. The molecule has 0 fully saturated rings. The van der Waals surface area contributed by atoms with E-state index < -0.39 is 22.7 Å². The van der Waals surface area contributed by atoms with Gasteiger partial charge in [-0.3, -0.25) is 9.78 Å². The summed E-state index contributed by atoms with van der Waals surface area (Å²) >= 11 is 5.65. The van der Waals surface area contributed by atoms with Crippen LogP contribution >= 0.6 is 11.6 Å². The van der Waals surface area contributed by atoms with Gasteiger partial charge in [-0.1, -0.05) is 17.7 Å². The molecule has 4 aromatic rings. The maximum atomic E-state index is 13.1. The smallest absolute Gasteiger partial charge is 0.417 e. The van der Waals surface area contributed by atoms with Crippen molar-refractivity contribution in [2.24, 2.45) is 0 Å². The molecule has 1 heterocycles. The number of nitrogens with zero attached hydrogens (tertiary/aromatic N) is 2. The number of hydrogen-bond donors (Lipinski definition) is 1. The van der Waals surface area contributed by atoms with Crippen LogP contribution in [0.15, 0.2) is 66.9 Å². The average molecular weight is 530 g/mol. The molecule has 0 spiro atoms. The summed E-state index contributed by atoms with van der Waals surface area (Å²) in [4.78, 5) is 18.9. The second kappa shape index (κ2) is 10.6. The van der Waals surface area contributed by atoms with E-state index in [1.54, 1.807) is 32.5 Å². The molecule has 6 nitrogen and oxygen atoms in total. The minimum Gasteiger partial charge on any atom is -0.493 e. The van der Waals surface area contributed by atoms with E-state index in [4.69, 9.17) is 21.1 Å². The summed E-state index contributed by atoms with van der Waals surface area (Å²) < 4.78 is 50.1. The van der Waals surface area contributed by atoms with E-state index in [0.717, 1.165) is 34.4 Å². The molecule has 10 heteroatoms. The van der Waals surface area contributed by atoms with Crippen molar-refractivity contribution in [3.63, 3.8) is 0 Å². The molecule has 1 aromatic heterocycles. The monoisotopic (exact) mass is 529 g/mol. The van der Waals surface area contributed by atoms with Crippen LogP contribution in [0.2, 0.25) is 5.02 Å². The molecule has 0 bridgehead atoms. The molecule has 192 valence electrons. The number of rotatable bonds is 7. The first-order valence-corrected chi connectivity index (χ1v) is 11.5. The Kier molecular flexibility index (Phi) is 7.45. The summed E-state index contributed by atoms with van der Waals surface area (Å²) in [6.45, 7) is 0. The number of hydrogen-bond acceptors (Lipinski definition) is 5. The van der Waals surface area contributed by atoms with Crippen molar-refractivity contribution in [1.29, 1.82) is 0 Å². The standard InChI is InChI=1S/C27H23ClF3N3O3/c1-34(23-10-11-32-22-15-25(37-3)24(36-2)14-19(22)23)18-7-5-17(6-8-18)33-26(35)13-16-4-9-21(28)20(12-16)27(29,30)31/h4-12,14-15H,13H2,1-3H3,(H,33,35). The van der Waals surface area contributed by atoms with Gasteiger partial charge in [0.25, 0.3) is 0 Å². The third kappa shape index (κ3) is 5.72. The Morgan fingerprint density at radius 1 is 1.00 bits per heavy atom. The molecule has 0 aliphatic rings. The van der Waals surface area contributed by atoms with Crippen LogP contribution in [0.3, 0.4) is 0 Å². The van der Waals surface area contributed by atoms with Gasteiger partial charge in [-0.15, -0.1) is 0 Å². The van der Waals surface area contributed by atoms with Crippen LogP contribution in [-0.4, -0.2) is 32.2 Å². The van der Waals surface area contributed by atoms with Crippen LogP contribution in [0.25, 0.3) is 10.9 Å². The molecule has 0 saturated carbocycles. The topological polar surface area (TPSA) is 63.7 Å². The lowest BCUT2D eigenvalue weighted by atomic mass is 10.1. The first-order chi connectivity index (χ1) is 17.6. The SMILES string of the molecule is COc1cc2nccc(N(C)c3ccc(NC(=O)Cc4ccc(Cl)c(C(F)(F)F)c4)cc3)c2cc1OC. The predicted molar refractivity (Wildman–Crippen MR) is 138 cm³/mol. The van der Waals surface area contributed by atoms with Crippen LogP contribution in [0.1, 0.15) is 11.1 Å². The maximum absolute atomic E-state index is 13.1. The Morgan fingerprint density at radius 3 is 2.32 bits per heavy atom. The highest BCUT2D eigenvalue weighted by molar-refractivity contribution is 6.31. The van der Waals surface area contributed by atoms with Gasteiger partial charge in [-0.2, -0.15) is 13.2 Å². The second-order valence-corrected chi connectivity index (χ2v) is 8.60. The number of alkyl halides is 3. The fourth-order valence-corrected chi connectivity index (χ4v) is 4.17. The third-order valence-corrected chi connectivity index (χ3v) is 6.15. The largest absolute Gasteiger partial charge is 0.493 e. The fraction of sp³-hybridized carbons (Fsp3) is 0.185. The molecule has 0 atom stereocenters. The lowest BCUT2D eigenvalue weighted by molar-refractivity contribution is -0.137. The molecule has 1 amide bonds. The number of ether oxygens (including phenoxy) is 2. The number of methoxy groups -OCH3 is 2. The number of pyridine rings is 1. The molecule has 0 saturated heterocycles. The molecule has 0 unspecified atom stereocenters. The average Bonchev–Trinajstić information content (AvgIpc) is 2.87. The van der Waals surface area contributed by atoms with E-state index in [2.05, 4.69) is 10.3 Å². The van der Waals surface area contributed by atoms with Crippen molar-refractivity contribution in [1.82, 2.24) is 4.98 Å².